The predicted molar refractivity (Wildman–Crippen MR) is 109 cm³/mol. The molecule has 0 spiro atoms. The molecule has 0 atom stereocenters. The van der Waals surface area contributed by atoms with E-state index in [-0.39, 0.29) is 5.91 Å². The first-order chi connectivity index (χ1) is 14.1. The number of esters is 1. The van der Waals surface area contributed by atoms with Gasteiger partial charge in [-0.2, -0.15) is 8.75 Å². The fraction of sp³-hybridized carbons (Fsp3) is 0.250. The van der Waals surface area contributed by atoms with Gasteiger partial charge in [-0.25, -0.2) is 4.79 Å². The average molecular weight is 410 g/mol. The van der Waals surface area contributed by atoms with E-state index in [1.165, 1.54) is 0 Å². The van der Waals surface area contributed by atoms with Crippen molar-refractivity contribution in [3.05, 3.63) is 48.0 Å². The molecule has 0 aliphatic carbocycles. The van der Waals surface area contributed by atoms with Crippen LogP contribution < -0.4 is 10.2 Å². The Hall–Kier alpha value is -3.33. The number of ether oxygens (including phenoxy) is 1. The largest absolute Gasteiger partial charge is 0.452 e. The lowest BCUT2D eigenvalue weighted by molar-refractivity contribution is -0.120. The minimum absolute atomic E-state index is 0.0913. The van der Waals surface area contributed by atoms with Gasteiger partial charge in [0.1, 0.15) is 11.0 Å². The van der Waals surface area contributed by atoms with E-state index in [9.17, 15) is 14.4 Å². The van der Waals surface area contributed by atoms with E-state index in [0.29, 0.717) is 35.2 Å². The van der Waals surface area contributed by atoms with E-state index in [1.54, 1.807) is 47.4 Å². The smallest absolute Gasteiger partial charge is 0.338 e. The molecule has 8 nitrogen and oxygen atoms in total. The highest BCUT2D eigenvalue weighted by Crippen LogP contribution is 2.22. The van der Waals surface area contributed by atoms with E-state index in [2.05, 4.69) is 14.1 Å². The molecule has 2 aromatic carbocycles. The Morgan fingerprint density at radius 1 is 1.10 bits per heavy atom. The Labute approximate surface area is 170 Å². The monoisotopic (exact) mass is 410 g/mol. The van der Waals surface area contributed by atoms with Crippen molar-refractivity contribution in [1.29, 1.82) is 0 Å². The van der Waals surface area contributed by atoms with Crippen LogP contribution in [0.4, 0.5) is 11.4 Å². The van der Waals surface area contributed by atoms with Crippen LogP contribution in [0, 0.1) is 0 Å². The number of nitrogens with zero attached hydrogens (tertiary/aromatic N) is 3. The van der Waals surface area contributed by atoms with Crippen molar-refractivity contribution >= 4 is 51.9 Å². The summed E-state index contributed by atoms with van der Waals surface area (Å²) in [5, 5.41) is 2.68. The molecule has 1 saturated heterocycles. The summed E-state index contributed by atoms with van der Waals surface area (Å²) in [4.78, 5) is 38.1. The highest BCUT2D eigenvalue weighted by molar-refractivity contribution is 7.00. The molecule has 1 aromatic heterocycles. The number of amides is 2. The maximum absolute atomic E-state index is 12.2. The zero-order valence-electron chi connectivity index (χ0n) is 15.5. The molecule has 0 bridgehead atoms. The molecule has 2 heterocycles. The molecule has 1 N–H and O–H groups in total. The lowest BCUT2D eigenvalue weighted by atomic mass is 10.1. The second-order valence-electron chi connectivity index (χ2n) is 6.61. The predicted octanol–water partition coefficient (Wildman–Crippen LogP) is 3.00. The number of rotatable bonds is 5. The second kappa shape index (κ2) is 8.36. The molecule has 2 amide bonds. The topological polar surface area (TPSA) is 101 Å². The third-order valence-electron chi connectivity index (χ3n) is 4.63. The van der Waals surface area contributed by atoms with Crippen molar-refractivity contribution in [2.75, 3.05) is 23.4 Å². The minimum Gasteiger partial charge on any atom is -0.452 e. The Kier molecular flexibility index (Phi) is 5.48. The summed E-state index contributed by atoms with van der Waals surface area (Å²) in [7, 11) is 0. The summed E-state index contributed by atoms with van der Waals surface area (Å²) < 4.78 is 13.4. The first kappa shape index (κ1) is 19.0. The molecule has 1 fully saturated rings. The maximum Gasteiger partial charge on any atom is 0.338 e. The molecule has 9 heteroatoms. The number of carbonyl (C=O) groups is 3. The molecule has 29 heavy (non-hydrogen) atoms. The van der Waals surface area contributed by atoms with Crippen LogP contribution in [-0.4, -0.2) is 39.7 Å². The number of aromatic nitrogens is 2. The number of nitrogens with one attached hydrogen (secondary N) is 1. The summed E-state index contributed by atoms with van der Waals surface area (Å²) in [6.45, 7) is 0.267. The van der Waals surface area contributed by atoms with E-state index >= 15 is 0 Å². The Morgan fingerprint density at radius 3 is 2.72 bits per heavy atom. The van der Waals surface area contributed by atoms with Gasteiger partial charge in [-0.15, -0.1) is 0 Å². The fourth-order valence-electron chi connectivity index (χ4n) is 3.16. The van der Waals surface area contributed by atoms with Gasteiger partial charge in [0.25, 0.3) is 5.91 Å². The number of carbonyl (C=O) groups excluding carboxylic acids is 3. The number of hydrogen-bond donors (Lipinski definition) is 1. The number of piperidine rings is 1. The van der Waals surface area contributed by atoms with Gasteiger partial charge in [-0.3, -0.25) is 9.59 Å². The Balaban J connectivity index is 1.34. The Morgan fingerprint density at radius 2 is 1.93 bits per heavy atom. The maximum atomic E-state index is 12.2. The summed E-state index contributed by atoms with van der Waals surface area (Å²) in [5.41, 5.74) is 2.88. The minimum atomic E-state index is -0.606. The zero-order chi connectivity index (χ0) is 20.2. The highest BCUT2D eigenvalue weighted by atomic mass is 32.1. The number of anilines is 2. The van der Waals surface area contributed by atoms with Gasteiger partial charge in [0.2, 0.25) is 5.91 Å². The van der Waals surface area contributed by atoms with Crippen molar-refractivity contribution in [2.24, 2.45) is 0 Å². The standard InChI is InChI=1S/C20H18N4O4S/c25-17(21-15-4-3-5-16-19(15)23-29-22-16)12-28-20(27)13-7-9-14(10-8-13)24-11-2-1-6-18(24)26/h3-5,7-10H,1-2,6,11-12H2,(H,21,25). The third-order valence-corrected chi connectivity index (χ3v) is 5.18. The van der Waals surface area contributed by atoms with Crippen LogP contribution in [0.3, 0.4) is 0 Å². The number of hydrogen-bond acceptors (Lipinski definition) is 7. The highest BCUT2D eigenvalue weighted by Gasteiger charge is 2.20. The van der Waals surface area contributed by atoms with Crippen LogP contribution in [0.25, 0.3) is 11.0 Å². The van der Waals surface area contributed by atoms with Crippen molar-refractivity contribution < 1.29 is 19.1 Å². The van der Waals surface area contributed by atoms with Crippen LogP contribution in [0.15, 0.2) is 42.5 Å². The first-order valence-electron chi connectivity index (χ1n) is 9.20. The van der Waals surface area contributed by atoms with Gasteiger partial charge in [0.05, 0.1) is 23.0 Å². The zero-order valence-corrected chi connectivity index (χ0v) is 16.3. The van der Waals surface area contributed by atoms with Crippen molar-refractivity contribution in [3.63, 3.8) is 0 Å². The number of fused-ring (bicyclic) bond motifs is 1. The third kappa shape index (κ3) is 4.24. The van der Waals surface area contributed by atoms with Gasteiger partial charge < -0.3 is 15.0 Å². The van der Waals surface area contributed by atoms with Crippen molar-refractivity contribution in [2.45, 2.75) is 19.3 Å². The van der Waals surface area contributed by atoms with Gasteiger partial charge in [-0.1, -0.05) is 6.07 Å². The van der Waals surface area contributed by atoms with E-state index in [1.807, 2.05) is 0 Å². The van der Waals surface area contributed by atoms with Gasteiger partial charge in [-0.05, 0) is 49.2 Å². The van der Waals surface area contributed by atoms with Crippen LogP contribution >= 0.6 is 11.7 Å². The van der Waals surface area contributed by atoms with E-state index in [0.717, 1.165) is 30.3 Å². The summed E-state index contributed by atoms with van der Waals surface area (Å²) in [6, 6.07) is 11.9. The van der Waals surface area contributed by atoms with Crippen LogP contribution in [-0.2, 0) is 14.3 Å². The lowest BCUT2D eigenvalue weighted by Crippen LogP contribution is -2.35. The quantitative estimate of drug-likeness (QED) is 0.649. The SMILES string of the molecule is O=C(COC(=O)c1ccc(N2CCCCC2=O)cc1)Nc1cccc2nsnc12. The molecular formula is C20H18N4O4S. The van der Waals surface area contributed by atoms with Crippen molar-refractivity contribution in [3.8, 4) is 0 Å². The van der Waals surface area contributed by atoms with Gasteiger partial charge in [0.15, 0.2) is 6.61 Å². The normalized spacial score (nSPS) is 14.1. The van der Waals surface area contributed by atoms with Crippen LogP contribution in [0.2, 0.25) is 0 Å². The van der Waals surface area contributed by atoms with E-state index < -0.39 is 18.5 Å². The molecule has 0 saturated carbocycles. The van der Waals surface area contributed by atoms with E-state index in [4.69, 9.17) is 4.74 Å². The fourth-order valence-corrected chi connectivity index (χ4v) is 3.71. The number of benzene rings is 2. The van der Waals surface area contributed by atoms with Crippen molar-refractivity contribution in [1.82, 2.24) is 8.75 Å². The summed E-state index contributed by atoms with van der Waals surface area (Å²) >= 11 is 1.06. The van der Waals surface area contributed by atoms with Crippen LogP contribution in [0.1, 0.15) is 29.6 Å². The molecule has 1 aliphatic heterocycles. The molecule has 1 aliphatic rings. The molecule has 0 unspecified atom stereocenters. The molecular weight excluding hydrogens is 392 g/mol. The van der Waals surface area contributed by atoms with Gasteiger partial charge >= 0.3 is 5.97 Å². The molecule has 0 radical (unpaired) electrons. The lowest BCUT2D eigenvalue weighted by Gasteiger charge is -2.26. The van der Waals surface area contributed by atoms with Crippen LogP contribution in [0.5, 0.6) is 0 Å². The Bertz CT molecular complexity index is 1060. The molecule has 3 aromatic rings. The summed E-state index contributed by atoms with van der Waals surface area (Å²) in [6.07, 6.45) is 2.42. The first-order valence-corrected chi connectivity index (χ1v) is 9.93. The second-order valence-corrected chi connectivity index (χ2v) is 7.14. The average Bonchev–Trinajstić information content (AvgIpc) is 3.22. The summed E-state index contributed by atoms with van der Waals surface area (Å²) in [5.74, 6) is -0.979. The van der Waals surface area contributed by atoms with Gasteiger partial charge in [0, 0.05) is 18.7 Å². The molecule has 4 rings (SSSR count). The molecule has 148 valence electrons.